The SMILES string of the molecule is FC(F)(F)c1cc(NCc2ccco2)nc(Nc2cccc(CN3CCOCC3)c2)n1. The van der Waals surface area contributed by atoms with Crippen molar-refractivity contribution in [2.75, 3.05) is 36.9 Å². The lowest BCUT2D eigenvalue weighted by Gasteiger charge is -2.26. The van der Waals surface area contributed by atoms with Crippen LogP contribution in [-0.4, -0.2) is 41.2 Å². The summed E-state index contributed by atoms with van der Waals surface area (Å²) in [6.07, 6.45) is -3.10. The Labute approximate surface area is 177 Å². The number of hydrogen-bond donors (Lipinski definition) is 2. The van der Waals surface area contributed by atoms with E-state index in [1.165, 1.54) is 6.26 Å². The molecule has 0 spiro atoms. The normalized spacial score (nSPS) is 15.1. The van der Waals surface area contributed by atoms with Crippen LogP contribution in [0.3, 0.4) is 0 Å². The summed E-state index contributed by atoms with van der Waals surface area (Å²) in [5, 5.41) is 5.75. The number of ether oxygens (including phenoxy) is 1. The van der Waals surface area contributed by atoms with E-state index in [1.54, 1.807) is 18.2 Å². The third-order valence-corrected chi connectivity index (χ3v) is 4.73. The van der Waals surface area contributed by atoms with Crippen LogP contribution in [0, 0.1) is 0 Å². The van der Waals surface area contributed by atoms with E-state index in [9.17, 15) is 13.2 Å². The third-order valence-electron chi connectivity index (χ3n) is 4.73. The lowest BCUT2D eigenvalue weighted by atomic mass is 10.2. The molecule has 3 aromatic rings. The maximum absolute atomic E-state index is 13.3. The molecule has 2 aromatic heterocycles. The van der Waals surface area contributed by atoms with Gasteiger partial charge < -0.3 is 19.8 Å². The first-order chi connectivity index (χ1) is 15.0. The third kappa shape index (κ3) is 5.96. The minimum atomic E-state index is -4.60. The molecule has 1 aliphatic rings. The van der Waals surface area contributed by atoms with Crippen molar-refractivity contribution in [1.29, 1.82) is 0 Å². The lowest BCUT2D eigenvalue weighted by Crippen LogP contribution is -2.35. The van der Waals surface area contributed by atoms with Crippen LogP contribution in [0.5, 0.6) is 0 Å². The lowest BCUT2D eigenvalue weighted by molar-refractivity contribution is -0.141. The van der Waals surface area contributed by atoms with E-state index in [1.807, 2.05) is 18.2 Å². The van der Waals surface area contributed by atoms with Crippen molar-refractivity contribution >= 4 is 17.5 Å². The molecular formula is C21H22F3N5O2. The smallest absolute Gasteiger partial charge is 0.433 e. The van der Waals surface area contributed by atoms with Gasteiger partial charge in [0, 0.05) is 31.4 Å². The average Bonchev–Trinajstić information content (AvgIpc) is 3.26. The van der Waals surface area contributed by atoms with Gasteiger partial charge in [-0.05, 0) is 29.8 Å². The predicted molar refractivity (Wildman–Crippen MR) is 109 cm³/mol. The number of alkyl halides is 3. The number of rotatable bonds is 7. The van der Waals surface area contributed by atoms with Gasteiger partial charge in [-0.2, -0.15) is 18.2 Å². The predicted octanol–water partition coefficient (Wildman–Crippen LogP) is 4.28. The molecule has 0 aliphatic carbocycles. The molecule has 0 atom stereocenters. The van der Waals surface area contributed by atoms with Crippen LogP contribution < -0.4 is 10.6 Å². The number of aromatic nitrogens is 2. The molecule has 4 rings (SSSR count). The van der Waals surface area contributed by atoms with Gasteiger partial charge in [0.2, 0.25) is 5.95 Å². The van der Waals surface area contributed by atoms with Gasteiger partial charge in [-0.3, -0.25) is 4.90 Å². The maximum Gasteiger partial charge on any atom is 0.433 e. The zero-order valence-corrected chi connectivity index (χ0v) is 16.7. The maximum atomic E-state index is 13.3. The molecule has 3 heterocycles. The van der Waals surface area contributed by atoms with Crippen molar-refractivity contribution in [2.24, 2.45) is 0 Å². The highest BCUT2D eigenvalue weighted by Crippen LogP contribution is 2.30. The van der Waals surface area contributed by atoms with Crippen LogP contribution in [0.2, 0.25) is 0 Å². The van der Waals surface area contributed by atoms with Crippen LogP contribution in [0.1, 0.15) is 17.0 Å². The molecule has 1 saturated heterocycles. The Morgan fingerprint density at radius 1 is 1.03 bits per heavy atom. The van der Waals surface area contributed by atoms with Gasteiger partial charge in [0.15, 0.2) is 5.69 Å². The van der Waals surface area contributed by atoms with E-state index in [0.29, 0.717) is 24.7 Å². The Morgan fingerprint density at radius 2 is 1.87 bits per heavy atom. The van der Waals surface area contributed by atoms with Crippen LogP contribution in [0.15, 0.2) is 53.1 Å². The quantitative estimate of drug-likeness (QED) is 0.576. The monoisotopic (exact) mass is 433 g/mol. The van der Waals surface area contributed by atoms with Gasteiger partial charge in [0.1, 0.15) is 11.6 Å². The summed E-state index contributed by atoms with van der Waals surface area (Å²) in [7, 11) is 0. The molecule has 0 amide bonds. The zero-order chi connectivity index (χ0) is 21.7. The highest BCUT2D eigenvalue weighted by Gasteiger charge is 2.33. The fourth-order valence-electron chi connectivity index (χ4n) is 3.22. The molecular weight excluding hydrogens is 411 g/mol. The fourth-order valence-corrected chi connectivity index (χ4v) is 3.22. The van der Waals surface area contributed by atoms with E-state index in [-0.39, 0.29) is 18.3 Å². The van der Waals surface area contributed by atoms with Crippen LogP contribution in [-0.2, 0) is 24.0 Å². The van der Waals surface area contributed by atoms with Crippen molar-refractivity contribution < 1.29 is 22.3 Å². The number of anilines is 3. The molecule has 164 valence electrons. The van der Waals surface area contributed by atoms with Gasteiger partial charge >= 0.3 is 6.18 Å². The van der Waals surface area contributed by atoms with E-state index >= 15 is 0 Å². The summed E-state index contributed by atoms with van der Waals surface area (Å²) in [6, 6.07) is 11.8. The van der Waals surface area contributed by atoms with E-state index in [2.05, 4.69) is 25.5 Å². The van der Waals surface area contributed by atoms with Gasteiger partial charge in [0.25, 0.3) is 0 Å². The number of morpholine rings is 1. The van der Waals surface area contributed by atoms with Gasteiger partial charge in [0.05, 0.1) is 26.0 Å². The van der Waals surface area contributed by atoms with E-state index < -0.39 is 11.9 Å². The number of hydrogen-bond acceptors (Lipinski definition) is 7. The van der Waals surface area contributed by atoms with Gasteiger partial charge in [-0.25, -0.2) is 4.98 Å². The summed E-state index contributed by atoms with van der Waals surface area (Å²) in [6.45, 7) is 4.03. The molecule has 0 saturated carbocycles. The molecule has 0 unspecified atom stereocenters. The molecule has 31 heavy (non-hydrogen) atoms. The van der Waals surface area contributed by atoms with Crippen molar-refractivity contribution in [3.8, 4) is 0 Å². The van der Waals surface area contributed by atoms with E-state index in [0.717, 1.165) is 31.3 Å². The second-order valence-corrected chi connectivity index (χ2v) is 7.11. The van der Waals surface area contributed by atoms with Crippen molar-refractivity contribution in [2.45, 2.75) is 19.3 Å². The number of nitrogens with zero attached hydrogens (tertiary/aromatic N) is 3. The summed E-state index contributed by atoms with van der Waals surface area (Å²) >= 11 is 0. The molecule has 2 N–H and O–H groups in total. The minimum Gasteiger partial charge on any atom is -0.467 e. The number of benzene rings is 1. The zero-order valence-electron chi connectivity index (χ0n) is 16.7. The molecule has 7 nitrogen and oxygen atoms in total. The Kier molecular flexibility index (Phi) is 6.38. The molecule has 1 aliphatic heterocycles. The molecule has 1 fully saturated rings. The second-order valence-electron chi connectivity index (χ2n) is 7.11. The number of furan rings is 1. The number of halogens is 3. The topological polar surface area (TPSA) is 75.5 Å². The molecule has 1 aromatic carbocycles. The fraction of sp³-hybridized carbons (Fsp3) is 0.333. The summed E-state index contributed by atoms with van der Waals surface area (Å²) in [4.78, 5) is 10.1. The van der Waals surface area contributed by atoms with Gasteiger partial charge in [-0.1, -0.05) is 12.1 Å². The van der Waals surface area contributed by atoms with Crippen LogP contribution >= 0.6 is 0 Å². The largest absolute Gasteiger partial charge is 0.467 e. The Bertz CT molecular complexity index is 989. The minimum absolute atomic E-state index is 0.0469. The van der Waals surface area contributed by atoms with Gasteiger partial charge in [-0.15, -0.1) is 0 Å². The van der Waals surface area contributed by atoms with Crippen LogP contribution in [0.25, 0.3) is 0 Å². The Balaban J connectivity index is 1.51. The average molecular weight is 433 g/mol. The first-order valence-electron chi connectivity index (χ1n) is 9.84. The summed E-state index contributed by atoms with van der Waals surface area (Å²) in [5.74, 6) is 0.489. The number of nitrogens with one attached hydrogen (secondary N) is 2. The molecule has 0 radical (unpaired) electrons. The highest BCUT2D eigenvalue weighted by molar-refractivity contribution is 5.56. The van der Waals surface area contributed by atoms with Crippen molar-refractivity contribution in [3.05, 3.63) is 65.7 Å². The standard InChI is InChI=1S/C21H22F3N5O2/c22-21(23,24)18-12-19(25-13-17-5-2-8-31-17)28-20(27-18)26-16-4-1-3-15(11-16)14-29-6-9-30-10-7-29/h1-5,8,11-12H,6-7,9-10,13-14H2,(H2,25,26,27,28). The van der Waals surface area contributed by atoms with Crippen LogP contribution in [0.4, 0.5) is 30.6 Å². The summed E-state index contributed by atoms with van der Waals surface area (Å²) in [5.41, 5.74) is 0.619. The summed E-state index contributed by atoms with van der Waals surface area (Å²) < 4.78 is 50.6. The first kappa shape index (κ1) is 21.1. The Morgan fingerprint density at radius 3 is 2.61 bits per heavy atom. The van der Waals surface area contributed by atoms with Crippen molar-refractivity contribution in [1.82, 2.24) is 14.9 Å². The first-order valence-corrected chi connectivity index (χ1v) is 9.84. The van der Waals surface area contributed by atoms with E-state index in [4.69, 9.17) is 9.15 Å². The van der Waals surface area contributed by atoms with Crippen molar-refractivity contribution in [3.63, 3.8) is 0 Å². The second kappa shape index (κ2) is 9.36. The molecule has 0 bridgehead atoms. The molecule has 10 heteroatoms. The highest BCUT2D eigenvalue weighted by atomic mass is 19.4. The Hall–Kier alpha value is -3.11.